The highest BCUT2D eigenvalue weighted by Gasteiger charge is 2.22. The Morgan fingerprint density at radius 2 is 1.85 bits per heavy atom. The molecular weight excluding hydrogens is 373 g/mol. The van der Waals surface area contributed by atoms with Gasteiger partial charge in [-0.25, -0.2) is 0 Å². The van der Waals surface area contributed by atoms with Gasteiger partial charge in [0.2, 0.25) is 0 Å². The molecule has 1 amide bonds. The minimum atomic E-state index is 0. The number of halogens is 2. The van der Waals surface area contributed by atoms with E-state index in [1.54, 1.807) is 0 Å². The van der Waals surface area contributed by atoms with Crippen LogP contribution in [0.4, 0.5) is 0 Å². The summed E-state index contributed by atoms with van der Waals surface area (Å²) in [6.45, 7) is 9.00. The van der Waals surface area contributed by atoms with Crippen molar-refractivity contribution in [1.29, 1.82) is 0 Å². The van der Waals surface area contributed by atoms with Gasteiger partial charge >= 0.3 is 0 Å². The fraction of sp³-hybridized carbons (Fsp3) is 0.632. The molecule has 7 heteroatoms. The summed E-state index contributed by atoms with van der Waals surface area (Å²) < 4.78 is 5.78. The number of carbonyl (C=O) groups excluding carboxylic acids is 1. The average molecular weight is 404 g/mol. The van der Waals surface area contributed by atoms with Crippen molar-refractivity contribution in [1.82, 2.24) is 15.5 Å². The average Bonchev–Trinajstić information content (AvgIpc) is 2.55. The van der Waals surface area contributed by atoms with Crippen LogP contribution in [0.15, 0.2) is 24.3 Å². The van der Waals surface area contributed by atoms with Crippen LogP contribution in [0.25, 0.3) is 0 Å². The van der Waals surface area contributed by atoms with Crippen LogP contribution in [-0.2, 0) is 11.3 Å². The number of amides is 1. The lowest BCUT2D eigenvalue weighted by molar-refractivity contribution is -0.0704. The van der Waals surface area contributed by atoms with Gasteiger partial charge in [0, 0.05) is 37.8 Å². The standard InChI is InChI=1S/C19H29N3O2.2ClH/c1-14-11-22(12-15(2)24-14)13-16-5-7-17(8-6-16)19(23)21-18-4-3-9-20-10-18;;/h5-8,14-15,18,20H,3-4,9-13H2,1-2H3,(H,21,23);2*1H/t14?,15?,18-;;/m0../s1. The summed E-state index contributed by atoms with van der Waals surface area (Å²) in [6, 6.07) is 8.27. The largest absolute Gasteiger partial charge is 0.373 e. The highest BCUT2D eigenvalue weighted by molar-refractivity contribution is 5.94. The second-order valence-corrected chi connectivity index (χ2v) is 7.17. The predicted octanol–water partition coefficient (Wildman–Crippen LogP) is 2.62. The Morgan fingerprint density at radius 3 is 2.42 bits per heavy atom. The van der Waals surface area contributed by atoms with Gasteiger partial charge in [0.15, 0.2) is 0 Å². The lowest BCUT2D eigenvalue weighted by Gasteiger charge is -2.35. The van der Waals surface area contributed by atoms with Crippen molar-refractivity contribution in [3.05, 3.63) is 35.4 Å². The first-order chi connectivity index (χ1) is 11.6. The molecule has 2 saturated heterocycles. The molecule has 0 saturated carbocycles. The maximum Gasteiger partial charge on any atom is 0.251 e. The molecule has 5 nitrogen and oxygen atoms in total. The smallest absolute Gasteiger partial charge is 0.251 e. The molecule has 1 aromatic rings. The fourth-order valence-corrected chi connectivity index (χ4v) is 3.68. The molecule has 2 N–H and O–H groups in total. The van der Waals surface area contributed by atoms with E-state index in [1.807, 2.05) is 12.1 Å². The van der Waals surface area contributed by atoms with Crippen LogP contribution in [-0.4, -0.2) is 55.2 Å². The number of hydrogen-bond donors (Lipinski definition) is 2. The fourth-order valence-electron chi connectivity index (χ4n) is 3.68. The van der Waals surface area contributed by atoms with Crippen molar-refractivity contribution in [3.8, 4) is 0 Å². The minimum Gasteiger partial charge on any atom is -0.373 e. The maximum absolute atomic E-state index is 12.3. The van der Waals surface area contributed by atoms with E-state index >= 15 is 0 Å². The van der Waals surface area contributed by atoms with Crippen molar-refractivity contribution < 1.29 is 9.53 Å². The quantitative estimate of drug-likeness (QED) is 0.810. The molecule has 2 heterocycles. The van der Waals surface area contributed by atoms with E-state index in [9.17, 15) is 4.79 Å². The zero-order valence-electron chi connectivity index (χ0n) is 15.6. The molecule has 1 aromatic carbocycles. The molecule has 148 valence electrons. The molecule has 0 spiro atoms. The number of carbonyl (C=O) groups is 1. The van der Waals surface area contributed by atoms with Gasteiger partial charge in [-0.2, -0.15) is 0 Å². The molecular formula is C19H31Cl2N3O2. The first-order valence-corrected chi connectivity index (χ1v) is 9.08. The third-order valence-corrected chi connectivity index (χ3v) is 4.75. The molecule has 0 bridgehead atoms. The zero-order chi connectivity index (χ0) is 16.9. The predicted molar refractivity (Wildman–Crippen MR) is 110 cm³/mol. The monoisotopic (exact) mass is 403 g/mol. The highest BCUT2D eigenvalue weighted by Crippen LogP contribution is 2.15. The number of nitrogens with zero attached hydrogens (tertiary/aromatic N) is 1. The summed E-state index contributed by atoms with van der Waals surface area (Å²) in [5.74, 6) is 0.0314. The summed E-state index contributed by atoms with van der Waals surface area (Å²) in [4.78, 5) is 14.8. The van der Waals surface area contributed by atoms with E-state index in [-0.39, 0.29) is 49.0 Å². The van der Waals surface area contributed by atoms with Crippen molar-refractivity contribution in [2.45, 2.75) is 51.5 Å². The normalized spacial score (nSPS) is 26.3. The third kappa shape index (κ3) is 6.71. The minimum absolute atomic E-state index is 0. The Labute approximate surface area is 169 Å². The Kier molecular flexibility index (Phi) is 9.90. The SMILES string of the molecule is CC1CN(Cc2ccc(C(=O)N[C@H]3CCCNC3)cc2)CC(C)O1.Cl.Cl. The molecule has 0 aliphatic carbocycles. The highest BCUT2D eigenvalue weighted by atomic mass is 35.5. The van der Waals surface area contributed by atoms with Crippen molar-refractivity contribution in [3.63, 3.8) is 0 Å². The van der Waals surface area contributed by atoms with Gasteiger partial charge < -0.3 is 15.4 Å². The van der Waals surface area contributed by atoms with Gasteiger partial charge in [-0.15, -0.1) is 24.8 Å². The number of ether oxygens (including phenoxy) is 1. The van der Waals surface area contributed by atoms with E-state index in [0.29, 0.717) is 0 Å². The van der Waals surface area contributed by atoms with Gasteiger partial charge in [0.1, 0.15) is 0 Å². The molecule has 3 atom stereocenters. The van der Waals surface area contributed by atoms with Crippen LogP contribution in [0.2, 0.25) is 0 Å². The van der Waals surface area contributed by atoms with Crippen LogP contribution >= 0.6 is 24.8 Å². The summed E-state index contributed by atoms with van der Waals surface area (Å²) in [5.41, 5.74) is 1.99. The first kappa shape index (κ1) is 23.2. The molecule has 0 radical (unpaired) electrons. The van der Waals surface area contributed by atoms with Crippen LogP contribution in [0.1, 0.15) is 42.6 Å². The second-order valence-electron chi connectivity index (χ2n) is 7.17. The van der Waals surface area contributed by atoms with E-state index in [0.717, 1.165) is 51.1 Å². The number of hydrogen-bond acceptors (Lipinski definition) is 4. The summed E-state index contributed by atoms with van der Waals surface area (Å²) in [6.07, 6.45) is 2.75. The Balaban J connectivity index is 0.00000169. The van der Waals surface area contributed by atoms with Crippen LogP contribution in [0.5, 0.6) is 0 Å². The van der Waals surface area contributed by atoms with E-state index in [1.165, 1.54) is 5.56 Å². The van der Waals surface area contributed by atoms with Crippen molar-refractivity contribution in [2.75, 3.05) is 26.2 Å². The van der Waals surface area contributed by atoms with Crippen LogP contribution < -0.4 is 10.6 Å². The molecule has 2 unspecified atom stereocenters. The number of piperidine rings is 1. The Hall–Kier alpha value is -0.850. The Morgan fingerprint density at radius 1 is 1.19 bits per heavy atom. The van der Waals surface area contributed by atoms with Gasteiger partial charge in [0.25, 0.3) is 5.91 Å². The number of rotatable bonds is 4. The zero-order valence-corrected chi connectivity index (χ0v) is 17.2. The van der Waals surface area contributed by atoms with E-state index in [2.05, 4.69) is 41.5 Å². The van der Waals surface area contributed by atoms with Crippen LogP contribution in [0, 0.1) is 0 Å². The maximum atomic E-state index is 12.3. The number of benzene rings is 1. The second kappa shape index (κ2) is 11.1. The lowest BCUT2D eigenvalue weighted by atomic mass is 10.1. The van der Waals surface area contributed by atoms with Gasteiger partial charge in [0.05, 0.1) is 12.2 Å². The summed E-state index contributed by atoms with van der Waals surface area (Å²) in [7, 11) is 0. The van der Waals surface area contributed by atoms with Gasteiger partial charge in [-0.3, -0.25) is 9.69 Å². The van der Waals surface area contributed by atoms with Gasteiger partial charge in [-0.05, 0) is 50.9 Å². The first-order valence-electron chi connectivity index (χ1n) is 9.08. The summed E-state index contributed by atoms with van der Waals surface area (Å²) >= 11 is 0. The van der Waals surface area contributed by atoms with Crippen molar-refractivity contribution >= 4 is 30.7 Å². The molecule has 26 heavy (non-hydrogen) atoms. The van der Waals surface area contributed by atoms with Crippen LogP contribution in [0.3, 0.4) is 0 Å². The summed E-state index contributed by atoms with van der Waals surface area (Å²) in [5, 5.41) is 6.44. The molecule has 2 aliphatic heterocycles. The molecule has 3 rings (SSSR count). The third-order valence-electron chi connectivity index (χ3n) is 4.75. The molecule has 2 fully saturated rings. The number of nitrogens with one attached hydrogen (secondary N) is 2. The molecule has 0 aromatic heterocycles. The van der Waals surface area contributed by atoms with E-state index in [4.69, 9.17) is 4.74 Å². The topological polar surface area (TPSA) is 53.6 Å². The Bertz CT molecular complexity index is 540. The number of morpholine rings is 1. The van der Waals surface area contributed by atoms with E-state index < -0.39 is 0 Å². The van der Waals surface area contributed by atoms with Gasteiger partial charge in [-0.1, -0.05) is 12.1 Å². The molecule has 2 aliphatic rings. The lowest BCUT2D eigenvalue weighted by Crippen LogP contribution is -2.45. The van der Waals surface area contributed by atoms with Crippen molar-refractivity contribution in [2.24, 2.45) is 0 Å².